The van der Waals surface area contributed by atoms with Crippen molar-refractivity contribution in [3.8, 4) is 0 Å². The predicted octanol–water partition coefficient (Wildman–Crippen LogP) is 2.80. The largest absolute Gasteiger partial charge is 0.398 e. The molecule has 0 bridgehead atoms. The van der Waals surface area contributed by atoms with Gasteiger partial charge in [0.25, 0.3) is 0 Å². The smallest absolute Gasteiger partial charge is 0.243 e. The SMILES string of the molecule is Cc1c(N)cc(Cl)cc1S(=O)(=O)N1CCCCCC1. The maximum atomic E-state index is 12.7. The van der Waals surface area contributed by atoms with Crippen LogP contribution in [0.2, 0.25) is 5.02 Å². The summed E-state index contributed by atoms with van der Waals surface area (Å²) in [6, 6.07) is 3.08. The molecule has 106 valence electrons. The van der Waals surface area contributed by atoms with Crippen molar-refractivity contribution in [3.63, 3.8) is 0 Å². The molecule has 1 aromatic carbocycles. The minimum absolute atomic E-state index is 0.236. The highest BCUT2D eigenvalue weighted by atomic mass is 35.5. The Labute approximate surface area is 119 Å². The van der Waals surface area contributed by atoms with E-state index in [9.17, 15) is 8.42 Å². The van der Waals surface area contributed by atoms with Crippen molar-refractivity contribution in [2.45, 2.75) is 37.5 Å². The Hall–Kier alpha value is -0.780. The van der Waals surface area contributed by atoms with Crippen LogP contribution in [0.4, 0.5) is 5.69 Å². The normalized spacial score (nSPS) is 18.2. The average Bonchev–Trinajstić information content (AvgIpc) is 2.62. The van der Waals surface area contributed by atoms with Gasteiger partial charge >= 0.3 is 0 Å². The van der Waals surface area contributed by atoms with Crippen LogP contribution in [0.15, 0.2) is 17.0 Å². The average molecular weight is 303 g/mol. The van der Waals surface area contributed by atoms with Crippen molar-refractivity contribution in [1.82, 2.24) is 4.31 Å². The lowest BCUT2D eigenvalue weighted by Crippen LogP contribution is -2.32. The van der Waals surface area contributed by atoms with Gasteiger partial charge in [0.05, 0.1) is 4.90 Å². The minimum Gasteiger partial charge on any atom is -0.398 e. The van der Waals surface area contributed by atoms with Gasteiger partial charge in [-0.2, -0.15) is 4.31 Å². The number of halogens is 1. The molecule has 1 aromatic rings. The number of anilines is 1. The lowest BCUT2D eigenvalue weighted by molar-refractivity contribution is 0.423. The third-order valence-electron chi connectivity index (χ3n) is 3.55. The maximum absolute atomic E-state index is 12.7. The number of sulfonamides is 1. The van der Waals surface area contributed by atoms with Crippen LogP contribution in [0.5, 0.6) is 0 Å². The molecule has 1 saturated heterocycles. The summed E-state index contributed by atoms with van der Waals surface area (Å²) in [5.74, 6) is 0. The lowest BCUT2D eigenvalue weighted by Gasteiger charge is -2.21. The molecule has 19 heavy (non-hydrogen) atoms. The first kappa shape index (κ1) is 14.6. The fourth-order valence-electron chi connectivity index (χ4n) is 2.36. The molecule has 1 aliphatic heterocycles. The zero-order valence-electron chi connectivity index (χ0n) is 11.0. The second kappa shape index (κ2) is 5.69. The molecule has 0 saturated carbocycles. The highest BCUT2D eigenvalue weighted by molar-refractivity contribution is 7.89. The van der Waals surface area contributed by atoms with Crippen molar-refractivity contribution in [2.24, 2.45) is 0 Å². The summed E-state index contributed by atoms with van der Waals surface area (Å²) < 4.78 is 26.9. The molecule has 2 N–H and O–H groups in total. The number of rotatable bonds is 2. The summed E-state index contributed by atoms with van der Waals surface area (Å²) in [6.07, 6.45) is 3.99. The van der Waals surface area contributed by atoms with Crippen molar-refractivity contribution < 1.29 is 8.42 Å². The summed E-state index contributed by atoms with van der Waals surface area (Å²) in [5.41, 5.74) is 6.81. The van der Waals surface area contributed by atoms with Gasteiger partial charge in [-0.15, -0.1) is 0 Å². The van der Waals surface area contributed by atoms with E-state index in [-0.39, 0.29) is 4.90 Å². The van der Waals surface area contributed by atoms with Crippen LogP contribution in [0.3, 0.4) is 0 Å². The molecule has 1 fully saturated rings. The molecule has 1 aliphatic rings. The Kier molecular flexibility index (Phi) is 4.38. The summed E-state index contributed by atoms with van der Waals surface area (Å²) in [4.78, 5) is 0.236. The second-order valence-electron chi connectivity index (χ2n) is 4.94. The number of hydrogen-bond donors (Lipinski definition) is 1. The van der Waals surface area contributed by atoms with E-state index in [0.717, 1.165) is 25.7 Å². The summed E-state index contributed by atoms with van der Waals surface area (Å²) in [7, 11) is -3.49. The van der Waals surface area contributed by atoms with Crippen LogP contribution in [0.25, 0.3) is 0 Å². The van der Waals surface area contributed by atoms with E-state index in [0.29, 0.717) is 29.4 Å². The summed E-state index contributed by atoms with van der Waals surface area (Å²) in [6.45, 7) is 2.87. The van der Waals surface area contributed by atoms with Crippen molar-refractivity contribution in [2.75, 3.05) is 18.8 Å². The molecule has 0 spiro atoms. The number of nitrogens with two attached hydrogens (primary N) is 1. The third-order valence-corrected chi connectivity index (χ3v) is 5.79. The maximum Gasteiger partial charge on any atom is 0.243 e. The van der Waals surface area contributed by atoms with E-state index in [4.69, 9.17) is 17.3 Å². The van der Waals surface area contributed by atoms with Crippen LogP contribution in [0, 0.1) is 6.92 Å². The molecule has 6 heteroatoms. The lowest BCUT2D eigenvalue weighted by atomic mass is 10.2. The highest BCUT2D eigenvalue weighted by Gasteiger charge is 2.27. The molecule has 0 radical (unpaired) electrons. The topological polar surface area (TPSA) is 63.4 Å². The van der Waals surface area contributed by atoms with E-state index in [2.05, 4.69) is 0 Å². The summed E-state index contributed by atoms with van der Waals surface area (Å²) >= 11 is 5.94. The minimum atomic E-state index is -3.49. The zero-order chi connectivity index (χ0) is 14.0. The molecule has 2 rings (SSSR count). The van der Waals surface area contributed by atoms with Gasteiger partial charge in [0.2, 0.25) is 10.0 Å². The standard InChI is InChI=1S/C13H19ClN2O2S/c1-10-12(15)8-11(14)9-13(10)19(17,18)16-6-4-2-3-5-7-16/h8-9H,2-7,15H2,1H3. The molecular weight excluding hydrogens is 284 g/mol. The first-order valence-corrected chi connectivity index (χ1v) is 8.30. The number of hydrogen-bond acceptors (Lipinski definition) is 3. The molecule has 1 heterocycles. The van der Waals surface area contributed by atoms with Gasteiger partial charge in [0, 0.05) is 23.8 Å². The van der Waals surface area contributed by atoms with Crippen molar-refractivity contribution in [1.29, 1.82) is 0 Å². The van der Waals surface area contributed by atoms with Crippen LogP contribution in [-0.4, -0.2) is 25.8 Å². The van der Waals surface area contributed by atoms with Crippen LogP contribution >= 0.6 is 11.6 Å². The van der Waals surface area contributed by atoms with E-state index >= 15 is 0 Å². The quantitative estimate of drug-likeness (QED) is 0.854. The summed E-state index contributed by atoms with van der Waals surface area (Å²) in [5, 5.41) is 0.358. The predicted molar refractivity (Wildman–Crippen MR) is 77.8 cm³/mol. The number of nitrogen functional groups attached to an aromatic ring is 1. The number of benzene rings is 1. The van der Waals surface area contributed by atoms with Gasteiger partial charge in [-0.25, -0.2) is 8.42 Å². The van der Waals surface area contributed by atoms with Gasteiger partial charge < -0.3 is 5.73 Å². The van der Waals surface area contributed by atoms with Crippen LogP contribution < -0.4 is 5.73 Å². The second-order valence-corrected chi connectivity index (χ2v) is 7.28. The fraction of sp³-hybridized carbons (Fsp3) is 0.538. The van der Waals surface area contributed by atoms with Crippen molar-refractivity contribution in [3.05, 3.63) is 22.7 Å². The highest BCUT2D eigenvalue weighted by Crippen LogP contribution is 2.29. The molecule has 0 aliphatic carbocycles. The Bertz CT molecular complexity index is 564. The Morgan fingerprint density at radius 1 is 1.16 bits per heavy atom. The Morgan fingerprint density at radius 2 is 1.74 bits per heavy atom. The number of nitrogens with zero attached hydrogens (tertiary/aromatic N) is 1. The van der Waals surface area contributed by atoms with Gasteiger partial charge in [0.15, 0.2) is 0 Å². The van der Waals surface area contributed by atoms with E-state index in [1.54, 1.807) is 17.3 Å². The van der Waals surface area contributed by atoms with Crippen LogP contribution in [-0.2, 0) is 10.0 Å². The molecule has 0 unspecified atom stereocenters. The Balaban J connectivity index is 2.44. The first-order chi connectivity index (χ1) is 8.93. The fourth-order valence-corrected chi connectivity index (χ4v) is 4.45. The van der Waals surface area contributed by atoms with E-state index < -0.39 is 10.0 Å². The van der Waals surface area contributed by atoms with Gasteiger partial charge in [-0.05, 0) is 37.5 Å². The molecule has 0 atom stereocenters. The Morgan fingerprint density at radius 3 is 2.32 bits per heavy atom. The van der Waals surface area contributed by atoms with E-state index in [1.807, 2.05) is 0 Å². The van der Waals surface area contributed by atoms with Gasteiger partial charge in [-0.1, -0.05) is 24.4 Å². The molecule has 0 aromatic heterocycles. The monoisotopic (exact) mass is 302 g/mol. The van der Waals surface area contributed by atoms with Crippen molar-refractivity contribution >= 4 is 27.3 Å². The first-order valence-electron chi connectivity index (χ1n) is 6.48. The van der Waals surface area contributed by atoms with E-state index in [1.165, 1.54) is 6.07 Å². The van der Waals surface area contributed by atoms with Gasteiger partial charge in [-0.3, -0.25) is 0 Å². The molecular formula is C13H19ClN2O2S. The third kappa shape index (κ3) is 3.04. The molecule has 4 nitrogen and oxygen atoms in total. The van der Waals surface area contributed by atoms with Crippen LogP contribution in [0.1, 0.15) is 31.2 Å². The zero-order valence-corrected chi connectivity index (χ0v) is 12.6. The van der Waals surface area contributed by atoms with Gasteiger partial charge in [0.1, 0.15) is 0 Å². The molecule has 0 amide bonds.